The molecule has 0 unspecified atom stereocenters. The molecule has 2 aromatic carbocycles. The van der Waals surface area contributed by atoms with Crippen molar-refractivity contribution in [2.45, 2.75) is 19.8 Å². The summed E-state index contributed by atoms with van der Waals surface area (Å²) in [5, 5.41) is 3.75. The topological polar surface area (TPSA) is 77.2 Å². The Morgan fingerprint density at radius 3 is 2.69 bits per heavy atom. The minimum atomic E-state index is -0.683. The molecule has 0 saturated heterocycles. The van der Waals surface area contributed by atoms with Crippen LogP contribution in [0.3, 0.4) is 0 Å². The highest BCUT2D eigenvalue weighted by Gasteiger charge is 2.28. The lowest BCUT2D eigenvalue weighted by Gasteiger charge is -2.08. The second-order valence-electron chi connectivity index (χ2n) is 7.03. The van der Waals surface area contributed by atoms with E-state index in [2.05, 4.69) is 27.1 Å². The van der Waals surface area contributed by atoms with Gasteiger partial charge < -0.3 is 14.8 Å². The van der Waals surface area contributed by atoms with Gasteiger partial charge >= 0.3 is 5.97 Å². The van der Waals surface area contributed by atoms with Gasteiger partial charge in [-0.3, -0.25) is 4.79 Å². The lowest BCUT2D eigenvalue weighted by molar-refractivity contribution is -0.140. The van der Waals surface area contributed by atoms with Crippen molar-refractivity contribution < 1.29 is 14.3 Å². The number of fused-ring (bicyclic) bond motifs is 2. The number of carbonyl (C=O) groups is 1. The van der Waals surface area contributed by atoms with E-state index in [9.17, 15) is 4.79 Å². The number of rotatable bonds is 8. The average molecular weight is 447 g/mol. The number of amidine groups is 1. The SMILES string of the molecule is [C-]#[N+]C(C(=O)OCCOCCCC)=C1NC(=Nc2nc3ccccc3s2)c2ccccc21. The third-order valence-electron chi connectivity index (χ3n) is 4.83. The standard InChI is InChI=1S/C24H22N4O3S/c1-3-4-13-30-14-15-31-23(29)21(25-2)20-16-9-5-6-10-17(16)22(27-20)28-24-26-18-11-7-8-12-19(18)32-24/h5-12H,3-4,13-15H2,1H3,(H,26,27,28). The third kappa shape index (κ3) is 4.69. The summed E-state index contributed by atoms with van der Waals surface area (Å²) in [5.41, 5.74) is 2.70. The van der Waals surface area contributed by atoms with Crippen LogP contribution in [-0.2, 0) is 14.3 Å². The number of hydrogen-bond acceptors (Lipinski definition) is 6. The quantitative estimate of drug-likeness (QED) is 0.230. The Labute approximate surface area is 190 Å². The van der Waals surface area contributed by atoms with Crippen LogP contribution in [-0.4, -0.2) is 36.6 Å². The summed E-state index contributed by atoms with van der Waals surface area (Å²) in [6, 6.07) is 15.3. The Bertz CT molecular complexity index is 1210. The highest BCUT2D eigenvalue weighted by Crippen LogP contribution is 2.32. The van der Waals surface area contributed by atoms with Gasteiger partial charge in [0.15, 0.2) is 0 Å². The van der Waals surface area contributed by atoms with Crippen molar-refractivity contribution in [2.75, 3.05) is 19.8 Å². The first-order chi connectivity index (χ1) is 15.7. The molecule has 1 aliphatic heterocycles. The molecular formula is C24H22N4O3S. The largest absolute Gasteiger partial charge is 0.468 e. The number of benzene rings is 2. The van der Waals surface area contributed by atoms with Crippen LogP contribution in [0.5, 0.6) is 0 Å². The fourth-order valence-electron chi connectivity index (χ4n) is 3.25. The van der Waals surface area contributed by atoms with E-state index in [0.29, 0.717) is 29.9 Å². The molecule has 1 aromatic heterocycles. The molecule has 8 heteroatoms. The summed E-state index contributed by atoms with van der Waals surface area (Å²) in [6.45, 7) is 10.7. The van der Waals surface area contributed by atoms with Crippen molar-refractivity contribution in [3.05, 3.63) is 76.8 Å². The summed E-state index contributed by atoms with van der Waals surface area (Å²) >= 11 is 1.48. The van der Waals surface area contributed by atoms with Gasteiger partial charge in [-0.1, -0.05) is 61.1 Å². The molecule has 7 nitrogen and oxygen atoms in total. The molecule has 2 heterocycles. The van der Waals surface area contributed by atoms with Gasteiger partial charge in [-0.2, -0.15) is 0 Å². The molecule has 3 aromatic rings. The fourth-order valence-corrected chi connectivity index (χ4v) is 4.10. The molecule has 0 spiro atoms. The summed E-state index contributed by atoms with van der Waals surface area (Å²) in [7, 11) is 0. The zero-order valence-electron chi connectivity index (χ0n) is 17.6. The first-order valence-electron chi connectivity index (χ1n) is 10.4. The van der Waals surface area contributed by atoms with E-state index in [1.807, 2.05) is 48.5 Å². The first kappa shape index (κ1) is 21.7. The second kappa shape index (κ2) is 10.2. The van der Waals surface area contributed by atoms with Crippen molar-refractivity contribution in [3.63, 3.8) is 0 Å². The maximum atomic E-state index is 12.6. The molecule has 0 fully saturated rings. The Morgan fingerprint density at radius 2 is 1.91 bits per heavy atom. The van der Waals surface area contributed by atoms with Gasteiger partial charge in [-0.25, -0.2) is 14.8 Å². The van der Waals surface area contributed by atoms with Crippen LogP contribution in [0.15, 0.2) is 59.2 Å². The van der Waals surface area contributed by atoms with Crippen LogP contribution < -0.4 is 5.32 Å². The van der Waals surface area contributed by atoms with Gasteiger partial charge in [0.25, 0.3) is 5.70 Å². The number of para-hydroxylation sites is 1. The Kier molecular flexibility index (Phi) is 6.90. The number of thiazole rings is 1. The predicted octanol–water partition coefficient (Wildman–Crippen LogP) is 4.93. The smallest absolute Gasteiger partial charge is 0.338 e. The number of ether oxygens (including phenoxy) is 2. The maximum absolute atomic E-state index is 12.6. The van der Waals surface area contributed by atoms with Crippen LogP contribution in [0.2, 0.25) is 0 Å². The maximum Gasteiger partial charge on any atom is 0.338 e. The minimum absolute atomic E-state index is 0.100. The van der Waals surface area contributed by atoms with E-state index in [0.717, 1.165) is 34.2 Å². The van der Waals surface area contributed by atoms with Crippen LogP contribution in [0.1, 0.15) is 30.9 Å². The number of nitrogens with one attached hydrogen (secondary N) is 1. The van der Waals surface area contributed by atoms with Gasteiger partial charge in [-0.15, -0.1) is 0 Å². The Morgan fingerprint density at radius 1 is 1.12 bits per heavy atom. The monoisotopic (exact) mass is 446 g/mol. The molecule has 0 atom stereocenters. The van der Waals surface area contributed by atoms with Gasteiger partial charge in [0.05, 0.1) is 29.1 Å². The number of aliphatic imine (C=N–C) groups is 1. The number of unbranched alkanes of at least 4 members (excludes halogenated alkanes) is 1. The zero-order valence-corrected chi connectivity index (χ0v) is 18.4. The number of esters is 1. The van der Waals surface area contributed by atoms with E-state index >= 15 is 0 Å². The van der Waals surface area contributed by atoms with Gasteiger partial charge in [0.2, 0.25) is 5.13 Å². The Balaban J connectivity index is 1.58. The fraction of sp³-hybridized carbons (Fsp3) is 0.250. The van der Waals surface area contributed by atoms with Crippen molar-refractivity contribution in [1.29, 1.82) is 0 Å². The number of carbonyl (C=O) groups excluding carboxylic acids is 1. The molecule has 0 saturated carbocycles. The lowest BCUT2D eigenvalue weighted by atomic mass is 10.1. The molecule has 1 aliphatic rings. The average Bonchev–Trinajstić information content (AvgIpc) is 3.38. The van der Waals surface area contributed by atoms with Crippen molar-refractivity contribution in [2.24, 2.45) is 4.99 Å². The van der Waals surface area contributed by atoms with Gasteiger partial charge in [0, 0.05) is 12.2 Å². The second-order valence-corrected chi connectivity index (χ2v) is 8.04. The van der Waals surface area contributed by atoms with Crippen molar-refractivity contribution >= 4 is 44.2 Å². The molecular weight excluding hydrogens is 424 g/mol. The van der Waals surface area contributed by atoms with Crippen LogP contribution in [0.4, 0.5) is 5.13 Å². The number of hydrogen-bond donors (Lipinski definition) is 1. The molecule has 0 bridgehead atoms. The van der Waals surface area contributed by atoms with Crippen molar-refractivity contribution in [1.82, 2.24) is 10.3 Å². The lowest BCUT2D eigenvalue weighted by Crippen LogP contribution is -2.18. The van der Waals surface area contributed by atoms with Crippen LogP contribution in [0.25, 0.3) is 20.8 Å². The summed E-state index contributed by atoms with van der Waals surface area (Å²) < 4.78 is 11.7. The number of aromatic nitrogens is 1. The molecule has 0 aliphatic carbocycles. The molecule has 1 N–H and O–H groups in total. The summed E-state index contributed by atoms with van der Waals surface area (Å²) in [4.78, 5) is 25.3. The van der Waals surface area contributed by atoms with E-state index < -0.39 is 5.97 Å². The summed E-state index contributed by atoms with van der Waals surface area (Å²) in [5.74, 6) is -0.135. The van der Waals surface area contributed by atoms with E-state index in [1.165, 1.54) is 11.3 Å². The minimum Gasteiger partial charge on any atom is -0.468 e. The molecule has 0 radical (unpaired) electrons. The van der Waals surface area contributed by atoms with E-state index in [4.69, 9.17) is 16.0 Å². The third-order valence-corrected chi connectivity index (χ3v) is 5.76. The molecule has 4 rings (SSSR count). The highest BCUT2D eigenvalue weighted by atomic mass is 32.1. The van der Waals surface area contributed by atoms with E-state index in [-0.39, 0.29) is 12.3 Å². The van der Waals surface area contributed by atoms with Gasteiger partial charge in [0.1, 0.15) is 12.4 Å². The first-order valence-corrected chi connectivity index (χ1v) is 11.2. The molecule has 32 heavy (non-hydrogen) atoms. The highest BCUT2D eigenvalue weighted by molar-refractivity contribution is 7.22. The van der Waals surface area contributed by atoms with Crippen LogP contribution in [0, 0.1) is 6.57 Å². The molecule has 0 amide bonds. The summed E-state index contributed by atoms with van der Waals surface area (Å²) in [6.07, 6.45) is 2.00. The predicted molar refractivity (Wildman–Crippen MR) is 126 cm³/mol. The zero-order chi connectivity index (χ0) is 22.3. The molecule has 162 valence electrons. The van der Waals surface area contributed by atoms with Crippen LogP contribution >= 0.6 is 11.3 Å². The normalized spacial score (nSPS) is 15.3. The van der Waals surface area contributed by atoms with Gasteiger partial charge in [-0.05, 0) is 24.1 Å². The van der Waals surface area contributed by atoms with E-state index in [1.54, 1.807) is 0 Å². The van der Waals surface area contributed by atoms with Crippen molar-refractivity contribution in [3.8, 4) is 0 Å². The Hall–Kier alpha value is -3.54. The number of nitrogens with zero attached hydrogens (tertiary/aromatic N) is 3.